The Hall–Kier alpha value is -1.31. The Balaban J connectivity index is 2.49. The smallest absolute Gasteiger partial charge is 0.317 e. The Morgan fingerprint density at radius 1 is 1.35 bits per heavy atom. The summed E-state index contributed by atoms with van der Waals surface area (Å²) >= 11 is 0. The van der Waals surface area contributed by atoms with Gasteiger partial charge in [0.2, 0.25) is 0 Å². The predicted octanol–water partition coefficient (Wildman–Crippen LogP) is 0.316. The number of carboxylic acids is 1. The maximum absolute atomic E-state index is 11.9. The number of carbonyl (C=O) groups is 2. The van der Waals surface area contributed by atoms with E-state index in [0.29, 0.717) is 25.9 Å². The Bertz CT molecular complexity index is 480. The third-order valence-corrected chi connectivity index (χ3v) is 4.70. The molecule has 7 nitrogen and oxygen atoms in total. The Morgan fingerprint density at radius 3 is 2.25 bits per heavy atom. The largest absolute Gasteiger partial charge is 0.481 e. The fourth-order valence-electron chi connectivity index (χ4n) is 2.22. The molecule has 2 amide bonds. The average molecular weight is 306 g/mol. The second kappa shape index (κ2) is 5.99. The molecule has 0 aromatic heterocycles. The summed E-state index contributed by atoms with van der Waals surface area (Å²) in [5.74, 6) is -0.956. The summed E-state index contributed by atoms with van der Waals surface area (Å²) in [6, 6.07) is -0.807. The zero-order chi connectivity index (χ0) is 15.6. The summed E-state index contributed by atoms with van der Waals surface area (Å²) in [5.41, 5.74) is -0.783. The van der Waals surface area contributed by atoms with Gasteiger partial charge in [0.05, 0.1) is 11.2 Å². The van der Waals surface area contributed by atoms with E-state index < -0.39 is 27.3 Å². The molecule has 0 aromatic carbocycles. The van der Waals surface area contributed by atoms with Crippen molar-refractivity contribution in [2.24, 2.45) is 5.41 Å². The third kappa shape index (κ3) is 4.66. The molecule has 1 aliphatic heterocycles. The van der Waals surface area contributed by atoms with Gasteiger partial charge in [-0.15, -0.1) is 0 Å². The fourth-order valence-corrected chi connectivity index (χ4v) is 3.21. The van der Waals surface area contributed by atoms with E-state index in [2.05, 4.69) is 5.32 Å². The van der Waals surface area contributed by atoms with Gasteiger partial charge in [0.25, 0.3) is 0 Å². The lowest BCUT2D eigenvalue weighted by Crippen LogP contribution is -2.51. The molecule has 20 heavy (non-hydrogen) atoms. The summed E-state index contributed by atoms with van der Waals surface area (Å²) in [4.78, 5) is 24.6. The van der Waals surface area contributed by atoms with Crippen LogP contribution in [-0.2, 0) is 14.6 Å². The molecule has 0 spiro atoms. The van der Waals surface area contributed by atoms with Crippen molar-refractivity contribution in [3.05, 3.63) is 0 Å². The van der Waals surface area contributed by atoms with E-state index >= 15 is 0 Å². The summed E-state index contributed by atoms with van der Waals surface area (Å²) in [5, 5.41) is 11.7. The van der Waals surface area contributed by atoms with Crippen molar-refractivity contribution in [3.63, 3.8) is 0 Å². The third-order valence-electron chi connectivity index (χ3n) is 3.59. The van der Waals surface area contributed by atoms with Crippen LogP contribution in [0.2, 0.25) is 0 Å². The number of carboxylic acid groups (broad SMARTS) is 1. The predicted molar refractivity (Wildman–Crippen MR) is 74.3 cm³/mol. The number of likely N-dealkylation sites (tertiary alicyclic amines) is 1. The molecular formula is C12H22N2O5S. The zero-order valence-electron chi connectivity index (χ0n) is 12.0. The molecule has 1 atom stereocenters. The fraction of sp³-hybridized carbons (Fsp3) is 0.833. The molecular weight excluding hydrogens is 284 g/mol. The first-order valence-electron chi connectivity index (χ1n) is 6.50. The molecule has 8 heteroatoms. The van der Waals surface area contributed by atoms with E-state index in [0.717, 1.165) is 6.26 Å². The first-order chi connectivity index (χ1) is 9.03. The quantitative estimate of drug-likeness (QED) is 0.778. The van der Waals surface area contributed by atoms with Gasteiger partial charge in [-0.3, -0.25) is 4.79 Å². The molecule has 0 radical (unpaired) electrons. The van der Waals surface area contributed by atoms with Gasteiger partial charge >= 0.3 is 12.0 Å². The van der Waals surface area contributed by atoms with Crippen molar-refractivity contribution in [2.45, 2.75) is 32.7 Å². The summed E-state index contributed by atoms with van der Waals surface area (Å²) in [7, 11) is -3.14. The number of hydrogen-bond acceptors (Lipinski definition) is 4. The number of piperidine rings is 1. The normalized spacial score (nSPS) is 20.2. The average Bonchev–Trinajstić information content (AvgIpc) is 2.26. The number of carbonyl (C=O) groups excluding carboxylic acids is 1. The molecule has 2 N–H and O–H groups in total. The molecule has 1 rings (SSSR count). The van der Waals surface area contributed by atoms with E-state index in [4.69, 9.17) is 5.11 Å². The van der Waals surface area contributed by atoms with Crippen LogP contribution in [0.4, 0.5) is 4.79 Å². The van der Waals surface area contributed by atoms with Crippen molar-refractivity contribution < 1.29 is 23.1 Å². The lowest BCUT2D eigenvalue weighted by Gasteiger charge is -2.36. The number of nitrogens with one attached hydrogen (secondary N) is 1. The van der Waals surface area contributed by atoms with Gasteiger partial charge in [-0.05, 0) is 26.7 Å². The van der Waals surface area contributed by atoms with Crippen LogP contribution in [0.1, 0.15) is 26.7 Å². The minimum Gasteiger partial charge on any atom is -0.481 e. The number of rotatable bonds is 4. The lowest BCUT2D eigenvalue weighted by atomic mass is 9.80. The second-order valence-electron chi connectivity index (χ2n) is 5.80. The lowest BCUT2D eigenvalue weighted by molar-refractivity contribution is -0.150. The molecule has 1 heterocycles. The Kier molecular flexibility index (Phi) is 5.01. The minimum atomic E-state index is -3.14. The van der Waals surface area contributed by atoms with Crippen LogP contribution < -0.4 is 5.32 Å². The maximum atomic E-state index is 11.9. The van der Waals surface area contributed by atoms with Crippen molar-refractivity contribution in [3.8, 4) is 0 Å². The van der Waals surface area contributed by atoms with Gasteiger partial charge in [0.1, 0.15) is 9.84 Å². The Labute approximate surface area is 119 Å². The number of amides is 2. The van der Waals surface area contributed by atoms with Crippen LogP contribution in [0.25, 0.3) is 0 Å². The van der Waals surface area contributed by atoms with Crippen LogP contribution in [0, 0.1) is 5.41 Å². The monoisotopic (exact) mass is 306 g/mol. The molecule has 1 fully saturated rings. The van der Waals surface area contributed by atoms with Crippen LogP contribution in [0.5, 0.6) is 0 Å². The van der Waals surface area contributed by atoms with Gasteiger partial charge in [-0.25, -0.2) is 13.2 Å². The van der Waals surface area contributed by atoms with E-state index in [1.807, 2.05) is 0 Å². The van der Waals surface area contributed by atoms with Gasteiger partial charge < -0.3 is 15.3 Å². The molecule has 0 bridgehead atoms. The van der Waals surface area contributed by atoms with Crippen LogP contribution >= 0.6 is 0 Å². The van der Waals surface area contributed by atoms with E-state index in [1.165, 1.54) is 4.90 Å². The number of sulfone groups is 1. The van der Waals surface area contributed by atoms with E-state index in [-0.39, 0.29) is 11.8 Å². The summed E-state index contributed by atoms with van der Waals surface area (Å²) < 4.78 is 22.3. The highest BCUT2D eigenvalue weighted by Crippen LogP contribution is 2.30. The van der Waals surface area contributed by atoms with Crippen LogP contribution in [-0.4, -0.2) is 61.6 Å². The topological polar surface area (TPSA) is 104 Å². The van der Waals surface area contributed by atoms with Crippen LogP contribution in [0.3, 0.4) is 0 Å². The van der Waals surface area contributed by atoms with E-state index in [9.17, 15) is 18.0 Å². The second-order valence-corrected chi connectivity index (χ2v) is 7.98. The van der Waals surface area contributed by atoms with Gasteiger partial charge in [0.15, 0.2) is 0 Å². The molecule has 1 aliphatic rings. The van der Waals surface area contributed by atoms with E-state index in [1.54, 1.807) is 13.8 Å². The van der Waals surface area contributed by atoms with Gasteiger partial charge in [0, 0.05) is 25.4 Å². The molecule has 0 aromatic rings. The number of aliphatic carboxylic acids is 1. The SMILES string of the molecule is CC(CS(C)(=O)=O)NC(=O)N1CCC(C)(C(=O)O)CC1. The Morgan fingerprint density at radius 2 is 1.85 bits per heavy atom. The van der Waals surface area contributed by atoms with Crippen molar-refractivity contribution in [1.82, 2.24) is 10.2 Å². The van der Waals surface area contributed by atoms with Gasteiger partial charge in [-0.1, -0.05) is 0 Å². The van der Waals surface area contributed by atoms with Gasteiger partial charge in [-0.2, -0.15) is 0 Å². The zero-order valence-corrected chi connectivity index (χ0v) is 12.9. The molecule has 0 aliphatic carbocycles. The molecule has 1 unspecified atom stereocenters. The van der Waals surface area contributed by atoms with Crippen molar-refractivity contribution in [2.75, 3.05) is 25.1 Å². The number of urea groups is 1. The first kappa shape index (κ1) is 16.7. The standard InChI is InChI=1S/C12H22N2O5S/c1-9(8-20(3,18)19)13-11(17)14-6-4-12(2,5-7-14)10(15)16/h9H,4-8H2,1-3H3,(H,13,17)(H,15,16). The highest BCUT2D eigenvalue weighted by atomic mass is 32.2. The first-order valence-corrected chi connectivity index (χ1v) is 8.56. The van der Waals surface area contributed by atoms with Crippen molar-refractivity contribution in [1.29, 1.82) is 0 Å². The maximum Gasteiger partial charge on any atom is 0.317 e. The van der Waals surface area contributed by atoms with Crippen LogP contribution in [0.15, 0.2) is 0 Å². The molecule has 116 valence electrons. The highest BCUT2D eigenvalue weighted by molar-refractivity contribution is 7.90. The summed E-state index contributed by atoms with van der Waals surface area (Å²) in [6.45, 7) is 4.03. The minimum absolute atomic E-state index is 0.112. The number of hydrogen-bond donors (Lipinski definition) is 2. The molecule has 0 saturated carbocycles. The molecule has 1 saturated heterocycles. The highest BCUT2D eigenvalue weighted by Gasteiger charge is 2.38. The number of nitrogens with zero attached hydrogens (tertiary/aromatic N) is 1. The van der Waals surface area contributed by atoms with Crippen molar-refractivity contribution >= 4 is 21.8 Å². The summed E-state index contributed by atoms with van der Waals surface area (Å²) in [6.07, 6.45) is 1.92.